The highest BCUT2D eigenvalue weighted by Crippen LogP contribution is 2.55. The molecule has 0 aliphatic carbocycles. The highest BCUT2D eigenvalue weighted by atomic mass is 28.3. The van der Waals surface area contributed by atoms with Crippen LogP contribution >= 0.6 is 0 Å². The molecular formula is C44H36Si. The van der Waals surface area contributed by atoms with Crippen LogP contribution in [0.1, 0.15) is 33.4 Å². The number of allylic oxidation sites excluding steroid dienone is 2. The maximum Gasteiger partial charge on any atom is 0.115 e. The Hall–Kier alpha value is -5.42. The molecule has 1 aliphatic rings. The first-order valence-electron chi connectivity index (χ1n) is 15.5. The van der Waals surface area contributed by atoms with Crippen molar-refractivity contribution in [3.05, 3.63) is 215 Å². The molecule has 0 saturated carbocycles. The van der Waals surface area contributed by atoms with Crippen molar-refractivity contribution in [3.8, 4) is 11.8 Å². The average Bonchev–Trinajstić information content (AvgIpc) is 3.37. The topological polar surface area (TPSA) is 0 Å². The maximum atomic E-state index is 3.11. The van der Waals surface area contributed by atoms with Gasteiger partial charge in [-0.15, -0.1) is 0 Å². The van der Waals surface area contributed by atoms with Crippen LogP contribution in [0.5, 0.6) is 0 Å². The maximum absolute atomic E-state index is 3.11. The molecule has 0 radical (unpaired) electrons. The summed E-state index contributed by atoms with van der Waals surface area (Å²) in [5.74, 6) is 6.22. The van der Waals surface area contributed by atoms with Crippen LogP contribution in [0.2, 0.25) is 13.1 Å². The Labute approximate surface area is 269 Å². The van der Waals surface area contributed by atoms with Crippen molar-refractivity contribution in [2.75, 3.05) is 0 Å². The molecule has 0 spiro atoms. The summed E-state index contributed by atoms with van der Waals surface area (Å²) < 4.78 is 0. The molecule has 45 heavy (non-hydrogen) atoms. The lowest BCUT2D eigenvalue weighted by atomic mass is 9.89. The summed E-state index contributed by atoms with van der Waals surface area (Å²) in [4.78, 5) is 0. The molecule has 0 aromatic heterocycles. The van der Waals surface area contributed by atoms with Crippen LogP contribution in [0.15, 0.2) is 182 Å². The summed E-state index contributed by atoms with van der Waals surface area (Å²) in [5, 5.41) is 3.05. The van der Waals surface area contributed by atoms with Crippen LogP contribution < -0.4 is 0 Å². The van der Waals surface area contributed by atoms with Crippen LogP contribution in [0.25, 0.3) is 21.5 Å². The van der Waals surface area contributed by atoms with E-state index in [2.05, 4.69) is 146 Å². The normalized spacial score (nSPS) is 13.4. The Bertz CT molecular complexity index is 1820. The first-order chi connectivity index (χ1) is 22.1. The number of rotatable bonds is 4. The van der Waals surface area contributed by atoms with Crippen molar-refractivity contribution in [3.63, 3.8) is 0 Å². The molecule has 6 aromatic carbocycles. The Morgan fingerprint density at radius 3 is 0.844 bits per heavy atom. The van der Waals surface area contributed by atoms with Gasteiger partial charge in [-0.25, -0.2) is 0 Å². The molecule has 6 aromatic rings. The minimum absolute atomic E-state index is 1.05. The Kier molecular flexibility index (Phi) is 9.16. The predicted octanol–water partition coefficient (Wildman–Crippen LogP) is 11.1. The van der Waals surface area contributed by atoms with Crippen molar-refractivity contribution in [1.29, 1.82) is 0 Å². The fourth-order valence-corrected chi connectivity index (χ4v) is 10.0. The summed E-state index contributed by atoms with van der Waals surface area (Å²) in [6, 6.07) is 63.9. The van der Waals surface area contributed by atoms with Crippen molar-refractivity contribution < 1.29 is 0 Å². The average molecular weight is 593 g/mol. The van der Waals surface area contributed by atoms with E-state index < -0.39 is 8.07 Å². The Balaban J connectivity index is 0.000000213. The van der Waals surface area contributed by atoms with Gasteiger partial charge in [0.05, 0.1) is 0 Å². The zero-order valence-electron chi connectivity index (χ0n) is 25.8. The van der Waals surface area contributed by atoms with Gasteiger partial charge in [-0.05, 0) is 68.1 Å². The monoisotopic (exact) mass is 592 g/mol. The van der Waals surface area contributed by atoms with E-state index in [1.54, 1.807) is 0 Å². The lowest BCUT2D eigenvalue weighted by Gasteiger charge is -2.26. The lowest BCUT2D eigenvalue weighted by molar-refractivity contribution is 1.58. The van der Waals surface area contributed by atoms with Crippen molar-refractivity contribution in [2.45, 2.75) is 13.1 Å². The van der Waals surface area contributed by atoms with E-state index in [1.807, 2.05) is 60.7 Å². The lowest BCUT2D eigenvalue weighted by Crippen LogP contribution is -2.28. The van der Waals surface area contributed by atoms with Crippen LogP contribution in [0.3, 0.4) is 0 Å². The van der Waals surface area contributed by atoms with Gasteiger partial charge in [0.1, 0.15) is 8.07 Å². The van der Waals surface area contributed by atoms with E-state index in [0.717, 1.165) is 11.1 Å². The summed E-state index contributed by atoms with van der Waals surface area (Å²) in [7, 11) is -2.01. The smallest absolute Gasteiger partial charge is 0.0622 e. The number of hydrogen-bond acceptors (Lipinski definition) is 0. The fraction of sp³-hybridized carbons (Fsp3) is 0.0455. The quantitative estimate of drug-likeness (QED) is 0.141. The largest absolute Gasteiger partial charge is 0.115 e. The first kappa shape index (κ1) is 29.6. The molecule has 7 rings (SSSR count). The Morgan fingerprint density at radius 2 is 0.556 bits per heavy atom. The van der Waals surface area contributed by atoms with E-state index in [-0.39, 0.29) is 0 Å². The standard InChI is InChI=1S/C30H26Si.C14H10/c1-31(2)29(25-19-11-5-12-20-25)27(23-15-7-3-8-16-23)28(24-17-9-4-10-18-24)30(31)26-21-13-6-14-22-26;1-3-7-13(8-4-1)11-12-14-9-5-2-6-10-14/h3-22H,1-2H3;1-10H. The van der Waals surface area contributed by atoms with E-state index in [1.165, 1.54) is 43.8 Å². The van der Waals surface area contributed by atoms with E-state index in [4.69, 9.17) is 0 Å². The predicted molar refractivity (Wildman–Crippen MR) is 196 cm³/mol. The molecule has 0 atom stereocenters. The molecule has 216 valence electrons. The van der Waals surface area contributed by atoms with E-state index in [9.17, 15) is 0 Å². The second-order valence-corrected chi connectivity index (χ2v) is 15.8. The van der Waals surface area contributed by atoms with Crippen LogP contribution in [0.4, 0.5) is 0 Å². The minimum atomic E-state index is -2.01. The van der Waals surface area contributed by atoms with Crippen LogP contribution in [-0.4, -0.2) is 8.07 Å². The molecule has 1 heterocycles. The van der Waals surface area contributed by atoms with Crippen LogP contribution in [0, 0.1) is 11.8 Å². The van der Waals surface area contributed by atoms with Crippen molar-refractivity contribution >= 4 is 29.6 Å². The van der Waals surface area contributed by atoms with Gasteiger partial charge in [0.25, 0.3) is 0 Å². The SMILES string of the molecule is C(#Cc1ccccc1)c1ccccc1.C[Si]1(C)C(c2ccccc2)=C(c2ccccc2)C(c2ccccc2)=C1c1ccccc1. The van der Waals surface area contributed by atoms with Crippen LogP contribution in [-0.2, 0) is 0 Å². The van der Waals surface area contributed by atoms with Gasteiger partial charge in [-0.2, -0.15) is 0 Å². The number of benzene rings is 6. The summed E-state index contributed by atoms with van der Waals surface area (Å²) >= 11 is 0. The zero-order valence-corrected chi connectivity index (χ0v) is 26.8. The molecule has 1 heteroatoms. The molecule has 0 bridgehead atoms. The highest BCUT2D eigenvalue weighted by molar-refractivity contribution is 7.13. The summed E-state index contributed by atoms with van der Waals surface area (Å²) in [5.41, 5.74) is 10.2. The second-order valence-electron chi connectivity index (χ2n) is 11.6. The van der Waals surface area contributed by atoms with Gasteiger partial charge in [-0.1, -0.05) is 183 Å². The third kappa shape index (κ3) is 6.73. The van der Waals surface area contributed by atoms with Gasteiger partial charge in [0.2, 0.25) is 0 Å². The minimum Gasteiger partial charge on any atom is -0.0622 e. The molecule has 0 unspecified atom stereocenters. The van der Waals surface area contributed by atoms with Gasteiger partial charge < -0.3 is 0 Å². The molecular weight excluding hydrogens is 557 g/mol. The van der Waals surface area contributed by atoms with Gasteiger partial charge >= 0.3 is 0 Å². The fourth-order valence-electron chi connectivity index (χ4n) is 6.19. The van der Waals surface area contributed by atoms with Gasteiger partial charge in [-0.3, -0.25) is 0 Å². The molecule has 0 fully saturated rings. The van der Waals surface area contributed by atoms with E-state index >= 15 is 0 Å². The van der Waals surface area contributed by atoms with Crippen molar-refractivity contribution in [1.82, 2.24) is 0 Å². The first-order valence-corrected chi connectivity index (χ1v) is 18.5. The third-order valence-electron chi connectivity index (χ3n) is 8.15. The molecule has 0 amide bonds. The molecule has 0 saturated heterocycles. The van der Waals surface area contributed by atoms with E-state index in [0.29, 0.717) is 0 Å². The summed E-state index contributed by atoms with van der Waals surface area (Å²) in [6.07, 6.45) is 0. The van der Waals surface area contributed by atoms with Gasteiger partial charge in [0.15, 0.2) is 0 Å². The third-order valence-corrected chi connectivity index (χ3v) is 11.7. The zero-order chi connectivity index (χ0) is 30.9. The Morgan fingerprint density at radius 1 is 0.311 bits per heavy atom. The summed E-state index contributed by atoms with van der Waals surface area (Å²) in [6.45, 7) is 5.02. The second kappa shape index (κ2) is 13.9. The molecule has 0 nitrogen and oxygen atoms in total. The molecule has 1 aliphatic heterocycles. The highest BCUT2D eigenvalue weighted by Gasteiger charge is 2.43. The number of hydrogen-bond donors (Lipinski definition) is 0. The molecule has 0 N–H and O–H groups in total. The van der Waals surface area contributed by atoms with Crippen molar-refractivity contribution in [2.24, 2.45) is 0 Å². The van der Waals surface area contributed by atoms with Gasteiger partial charge in [0, 0.05) is 11.1 Å².